The van der Waals surface area contributed by atoms with Crippen LogP contribution in [0.5, 0.6) is 0 Å². The molecule has 0 aliphatic carbocycles. The van der Waals surface area contributed by atoms with Crippen LogP contribution < -0.4 is 0 Å². The van der Waals surface area contributed by atoms with Crippen LogP contribution in [0.1, 0.15) is 19.9 Å². The van der Waals surface area contributed by atoms with Crippen molar-refractivity contribution in [2.45, 2.75) is 26.0 Å². The van der Waals surface area contributed by atoms with Crippen LogP contribution in [0.4, 0.5) is 0 Å². The Labute approximate surface area is 101 Å². The lowest BCUT2D eigenvalue weighted by atomic mass is 10.2. The molecule has 1 aromatic heterocycles. The molecule has 0 bridgehead atoms. The van der Waals surface area contributed by atoms with Crippen molar-refractivity contribution in [3.63, 3.8) is 0 Å². The van der Waals surface area contributed by atoms with E-state index in [0.717, 1.165) is 5.02 Å². The zero-order chi connectivity index (χ0) is 11.7. The molecular weight excluding hydrogens is 222 g/mol. The maximum absolute atomic E-state index is 5.96. The molecule has 2 nitrogen and oxygen atoms in total. The Hall–Kier alpha value is -0.990. The van der Waals surface area contributed by atoms with Crippen LogP contribution in [0.15, 0.2) is 30.5 Å². The van der Waals surface area contributed by atoms with Gasteiger partial charge in [0.25, 0.3) is 0 Å². The van der Waals surface area contributed by atoms with Crippen LogP contribution in [0.25, 0.3) is 10.9 Å². The van der Waals surface area contributed by atoms with Gasteiger partial charge in [0.05, 0.1) is 12.1 Å². The fraction of sp³-hybridized carbons (Fsp3) is 0.385. The summed E-state index contributed by atoms with van der Waals surface area (Å²) >= 11 is 5.96. The number of fused-ring (bicyclic) bond motifs is 1. The first-order valence-electron chi connectivity index (χ1n) is 5.42. The lowest BCUT2D eigenvalue weighted by Crippen LogP contribution is -2.19. The molecule has 16 heavy (non-hydrogen) atoms. The van der Waals surface area contributed by atoms with Gasteiger partial charge in [-0.25, -0.2) is 0 Å². The van der Waals surface area contributed by atoms with Crippen LogP contribution in [-0.4, -0.2) is 17.8 Å². The Kier molecular flexibility index (Phi) is 3.22. The molecular formula is C13H16ClNO. The number of aromatic nitrogens is 1. The van der Waals surface area contributed by atoms with Gasteiger partial charge < -0.3 is 9.30 Å². The fourth-order valence-corrected chi connectivity index (χ4v) is 2.09. The Morgan fingerprint density at radius 3 is 2.69 bits per heavy atom. The molecule has 2 unspecified atom stereocenters. The van der Waals surface area contributed by atoms with E-state index in [2.05, 4.69) is 36.7 Å². The van der Waals surface area contributed by atoms with Crippen LogP contribution >= 0.6 is 11.6 Å². The summed E-state index contributed by atoms with van der Waals surface area (Å²) in [5.41, 5.74) is 1.20. The first kappa shape index (κ1) is 11.5. The van der Waals surface area contributed by atoms with Crippen molar-refractivity contribution < 1.29 is 4.74 Å². The number of rotatable bonds is 3. The lowest BCUT2D eigenvalue weighted by Gasteiger charge is -2.21. The lowest BCUT2D eigenvalue weighted by molar-refractivity contribution is 0.0792. The van der Waals surface area contributed by atoms with Crippen molar-refractivity contribution in [3.8, 4) is 0 Å². The summed E-state index contributed by atoms with van der Waals surface area (Å²) in [7, 11) is 1.74. The molecule has 2 rings (SSSR count). The summed E-state index contributed by atoms with van der Waals surface area (Å²) in [5, 5.41) is 1.94. The quantitative estimate of drug-likeness (QED) is 0.790. The van der Waals surface area contributed by atoms with E-state index in [-0.39, 0.29) is 6.10 Å². The number of nitrogens with zero attached hydrogens (tertiary/aromatic N) is 1. The van der Waals surface area contributed by atoms with E-state index in [4.69, 9.17) is 16.3 Å². The molecule has 2 aromatic rings. The number of hydrogen-bond donors (Lipinski definition) is 0. The normalized spacial score (nSPS) is 15.2. The summed E-state index contributed by atoms with van der Waals surface area (Å²) in [4.78, 5) is 0. The molecule has 0 saturated carbocycles. The molecule has 86 valence electrons. The van der Waals surface area contributed by atoms with Crippen molar-refractivity contribution >= 4 is 22.5 Å². The molecule has 0 amide bonds. The highest BCUT2D eigenvalue weighted by Crippen LogP contribution is 2.25. The molecule has 1 heterocycles. The van der Waals surface area contributed by atoms with Crippen molar-refractivity contribution in [3.05, 3.63) is 35.5 Å². The standard InChI is InChI=1S/C13H16ClNO/c1-9(10(2)16-3)15-7-6-11-8-12(14)4-5-13(11)15/h4-10H,1-3H3. The average molecular weight is 238 g/mol. The predicted molar refractivity (Wildman–Crippen MR) is 68.1 cm³/mol. The van der Waals surface area contributed by atoms with Crippen molar-refractivity contribution in [2.24, 2.45) is 0 Å². The minimum atomic E-state index is 0.186. The SMILES string of the molecule is COC(C)C(C)n1ccc2cc(Cl)ccc21. The number of benzene rings is 1. The number of ether oxygens (including phenoxy) is 1. The first-order valence-corrected chi connectivity index (χ1v) is 5.80. The maximum Gasteiger partial charge on any atom is 0.0747 e. The minimum Gasteiger partial charge on any atom is -0.380 e. The van der Waals surface area contributed by atoms with E-state index in [1.54, 1.807) is 7.11 Å². The molecule has 0 radical (unpaired) electrons. The highest BCUT2D eigenvalue weighted by Gasteiger charge is 2.14. The van der Waals surface area contributed by atoms with Crippen molar-refractivity contribution in [1.82, 2.24) is 4.57 Å². The summed E-state index contributed by atoms with van der Waals surface area (Å²) in [6, 6.07) is 8.35. The van der Waals surface area contributed by atoms with Crippen molar-refractivity contribution in [1.29, 1.82) is 0 Å². The van der Waals surface area contributed by atoms with Crippen LogP contribution in [0, 0.1) is 0 Å². The fourth-order valence-electron chi connectivity index (χ4n) is 1.91. The molecule has 3 heteroatoms. The molecule has 0 N–H and O–H groups in total. The van der Waals surface area contributed by atoms with Gasteiger partial charge in [0, 0.05) is 29.2 Å². The molecule has 0 aliphatic heterocycles. The van der Waals surface area contributed by atoms with Gasteiger partial charge >= 0.3 is 0 Å². The average Bonchev–Trinajstić information content (AvgIpc) is 2.69. The van der Waals surface area contributed by atoms with Gasteiger partial charge in [-0.1, -0.05) is 11.6 Å². The molecule has 2 atom stereocenters. The van der Waals surface area contributed by atoms with Crippen LogP contribution in [0.2, 0.25) is 5.02 Å². The van der Waals surface area contributed by atoms with E-state index < -0.39 is 0 Å². The van der Waals surface area contributed by atoms with Gasteiger partial charge in [0.1, 0.15) is 0 Å². The monoisotopic (exact) mass is 237 g/mol. The van der Waals surface area contributed by atoms with Crippen molar-refractivity contribution in [2.75, 3.05) is 7.11 Å². The minimum absolute atomic E-state index is 0.186. The zero-order valence-electron chi connectivity index (χ0n) is 9.77. The molecule has 0 fully saturated rings. The Bertz CT molecular complexity index is 492. The second-order valence-electron chi connectivity index (χ2n) is 4.11. The van der Waals surface area contributed by atoms with Gasteiger partial charge in [0.2, 0.25) is 0 Å². The third-order valence-electron chi connectivity index (χ3n) is 3.17. The van der Waals surface area contributed by atoms with Gasteiger partial charge in [-0.2, -0.15) is 0 Å². The van der Waals surface area contributed by atoms with Gasteiger partial charge in [-0.05, 0) is 38.1 Å². The molecule has 0 aliphatic rings. The Balaban J connectivity index is 2.45. The Morgan fingerprint density at radius 1 is 1.25 bits per heavy atom. The molecule has 0 saturated heterocycles. The predicted octanol–water partition coefficient (Wildman–Crippen LogP) is 3.89. The second kappa shape index (κ2) is 4.48. The van der Waals surface area contributed by atoms with E-state index >= 15 is 0 Å². The highest BCUT2D eigenvalue weighted by molar-refractivity contribution is 6.31. The number of methoxy groups -OCH3 is 1. The van der Waals surface area contributed by atoms with E-state index in [9.17, 15) is 0 Å². The van der Waals surface area contributed by atoms with Gasteiger partial charge in [-0.3, -0.25) is 0 Å². The first-order chi connectivity index (χ1) is 7.63. The van der Waals surface area contributed by atoms with Gasteiger partial charge in [-0.15, -0.1) is 0 Å². The largest absolute Gasteiger partial charge is 0.380 e. The van der Waals surface area contributed by atoms with E-state index in [0.29, 0.717) is 6.04 Å². The summed E-state index contributed by atoms with van der Waals surface area (Å²) in [6.45, 7) is 4.23. The number of halogens is 1. The highest BCUT2D eigenvalue weighted by atomic mass is 35.5. The van der Waals surface area contributed by atoms with Crippen LogP contribution in [-0.2, 0) is 4.74 Å². The summed E-state index contributed by atoms with van der Waals surface area (Å²) in [6.07, 6.45) is 2.27. The maximum atomic E-state index is 5.96. The Morgan fingerprint density at radius 2 is 2.00 bits per heavy atom. The topological polar surface area (TPSA) is 14.2 Å². The van der Waals surface area contributed by atoms with E-state index in [1.165, 1.54) is 10.9 Å². The molecule has 0 spiro atoms. The second-order valence-corrected chi connectivity index (χ2v) is 4.54. The summed E-state index contributed by atoms with van der Waals surface area (Å²) in [5.74, 6) is 0. The zero-order valence-corrected chi connectivity index (χ0v) is 10.5. The number of hydrogen-bond acceptors (Lipinski definition) is 1. The summed E-state index contributed by atoms with van der Waals surface area (Å²) < 4.78 is 7.58. The van der Waals surface area contributed by atoms with E-state index in [1.807, 2.05) is 12.1 Å². The third kappa shape index (κ3) is 1.95. The molecule has 1 aromatic carbocycles. The third-order valence-corrected chi connectivity index (χ3v) is 3.41. The smallest absolute Gasteiger partial charge is 0.0747 e. The van der Waals surface area contributed by atoms with Gasteiger partial charge in [0.15, 0.2) is 0 Å². The van der Waals surface area contributed by atoms with Crippen LogP contribution in [0.3, 0.4) is 0 Å².